The first-order valence-electron chi connectivity index (χ1n) is 14.3. The summed E-state index contributed by atoms with van der Waals surface area (Å²) >= 11 is 0. The molecule has 15 heteroatoms. The van der Waals surface area contributed by atoms with E-state index < -0.39 is 0 Å². The summed E-state index contributed by atoms with van der Waals surface area (Å²) in [6.45, 7) is 8.56. The molecule has 0 aliphatic rings. The van der Waals surface area contributed by atoms with Gasteiger partial charge in [0.05, 0.1) is 32.5 Å². The van der Waals surface area contributed by atoms with E-state index in [1.54, 1.807) is 57.0 Å². The molecule has 0 aromatic heterocycles. The zero-order valence-corrected chi connectivity index (χ0v) is 35.0. The molecule has 0 aliphatic carbocycles. The Labute approximate surface area is 327 Å². The van der Waals surface area contributed by atoms with Crippen molar-refractivity contribution in [1.29, 1.82) is 0 Å². The first kappa shape index (κ1) is 49.6. The summed E-state index contributed by atoms with van der Waals surface area (Å²) in [5.74, 6) is 3.97. The average molecular weight is 831 g/mol. The van der Waals surface area contributed by atoms with E-state index in [1.807, 2.05) is 12.8 Å². The molecule has 0 saturated carbocycles. The minimum absolute atomic E-state index is 0. The van der Waals surface area contributed by atoms with Gasteiger partial charge >= 0.3 is 0 Å². The largest absolute Gasteiger partial charge is 0.378 e. The maximum Gasteiger partial charge on any atom is 0.237 e. The molecule has 9 nitrogen and oxygen atoms in total. The standard InChI is InChI=1S/C28H52N4O5S4.2Y/c1-25(33)9-5-21-38-40-23-7-14-30-13-4-3-11-27(28(35)32-16-18-37-20-19-36-17-12-29)31-15-8-24-41-39-22-6-10-26(2)34;;/h5-8,27,30-31H,3-4,9-24,29H2,1-2H3,(H,32,35);;/q-4;;. The van der Waals surface area contributed by atoms with E-state index in [4.69, 9.17) is 15.2 Å². The van der Waals surface area contributed by atoms with E-state index in [2.05, 4.69) is 28.8 Å². The molecule has 0 spiro atoms. The number of carbonyl (C=O) groups is 3. The molecule has 1 unspecified atom stereocenters. The number of nitrogens with one attached hydrogen (secondary N) is 3. The minimum atomic E-state index is -0.250. The van der Waals surface area contributed by atoms with Crippen LogP contribution in [-0.2, 0) is 89.3 Å². The Balaban J connectivity index is -0.00000800. The Morgan fingerprint density at radius 1 is 0.721 bits per heavy atom. The van der Waals surface area contributed by atoms with Gasteiger partial charge in [0.25, 0.3) is 0 Å². The Bertz CT molecular complexity index is 650. The molecule has 0 fully saturated rings. The fourth-order valence-corrected chi connectivity index (χ4v) is 6.71. The third kappa shape index (κ3) is 40.3. The molecule has 5 N–H and O–H groups in total. The quantitative estimate of drug-likeness (QED) is 0.0440. The van der Waals surface area contributed by atoms with E-state index in [9.17, 15) is 14.4 Å². The van der Waals surface area contributed by atoms with Crippen LogP contribution in [0, 0.1) is 25.7 Å². The second kappa shape index (κ2) is 40.4. The topological polar surface area (TPSA) is 132 Å². The molecule has 2 radical (unpaired) electrons. The SMILES string of the molecule is CC(=O)C[CH-]CSSC[CH-]CNCCCCC(NC[CH-]CSSC[CH-]CC(C)=O)C(=O)NCCOCCOCCN.[Y].[Y]. The van der Waals surface area contributed by atoms with Gasteiger partial charge in [0.1, 0.15) is 11.6 Å². The monoisotopic (exact) mass is 830 g/mol. The molecule has 43 heavy (non-hydrogen) atoms. The summed E-state index contributed by atoms with van der Waals surface area (Å²) in [5.41, 5.74) is 5.39. The molecular weight excluding hydrogens is 778 g/mol. The molecule has 248 valence electrons. The molecule has 0 saturated heterocycles. The van der Waals surface area contributed by atoms with E-state index in [0.717, 1.165) is 55.4 Å². The van der Waals surface area contributed by atoms with Crippen molar-refractivity contribution < 1.29 is 89.3 Å². The number of amides is 1. The minimum Gasteiger partial charge on any atom is -0.378 e. The molecule has 0 aliphatic heterocycles. The predicted octanol–water partition coefficient (Wildman–Crippen LogP) is 3.35. The summed E-state index contributed by atoms with van der Waals surface area (Å²) in [6.07, 6.45) is 12.2. The van der Waals surface area contributed by atoms with Gasteiger partial charge in [-0.2, -0.15) is 0 Å². The van der Waals surface area contributed by atoms with Crippen LogP contribution in [0.1, 0.15) is 46.0 Å². The zero-order chi connectivity index (χ0) is 30.2. The van der Waals surface area contributed by atoms with Crippen molar-refractivity contribution >= 4 is 60.6 Å². The van der Waals surface area contributed by atoms with Gasteiger partial charge in [-0.15, -0.1) is 92.1 Å². The van der Waals surface area contributed by atoms with Gasteiger partial charge in [0, 0.05) is 78.5 Å². The number of nitrogens with two attached hydrogens (primary N) is 1. The van der Waals surface area contributed by atoms with Crippen LogP contribution in [-0.4, -0.2) is 106 Å². The summed E-state index contributed by atoms with van der Waals surface area (Å²) < 4.78 is 10.8. The Kier molecular flexibility index (Phi) is 46.6. The van der Waals surface area contributed by atoms with Gasteiger partial charge in [-0.3, -0.25) is 4.79 Å². The van der Waals surface area contributed by atoms with Gasteiger partial charge in [0.15, 0.2) is 0 Å². The van der Waals surface area contributed by atoms with Crippen molar-refractivity contribution in [2.24, 2.45) is 5.73 Å². The molecular formula is C28H52N4O5S4Y2-4. The van der Waals surface area contributed by atoms with Crippen molar-refractivity contribution in [3.8, 4) is 0 Å². The zero-order valence-electron chi connectivity index (χ0n) is 26.0. The molecule has 1 amide bonds. The first-order chi connectivity index (χ1) is 20.0. The Morgan fingerprint density at radius 3 is 1.81 bits per heavy atom. The van der Waals surface area contributed by atoms with Crippen LogP contribution >= 0.6 is 43.2 Å². The second-order valence-corrected chi connectivity index (χ2v) is 14.2. The van der Waals surface area contributed by atoms with Crippen molar-refractivity contribution in [3.05, 3.63) is 25.7 Å². The van der Waals surface area contributed by atoms with Crippen LogP contribution < -0.4 is 21.7 Å². The normalized spacial score (nSPS) is 11.4. The molecule has 0 aromatic rings. The summed E-state index contributed by atoms with van der Waals surface area (Å²) in [6, 6.07) is -0.250. The van der Waals surface area contributed by atoms with E-state index in [-0.39, 0.29) is 88.9 Å². The number of hydrogen-bond acceptors (Lipinski definition) is 12. The number of carbonyl (C=O) groups excluding carboxylic acids is 3. The molecule has 0 rings (SSSR count). The Hall–Kier alpha value is 2.22. The third-order valence-electron chi connectivity index (χ3n) is 5.16. The van der Waals surface area contributed by atoms with Crippen LogP contribution in [0.5, 0.6) is 0 Å². The fraction of sp³-hybridized carbons (Fsp3) is 0.750. The number of ether oxygens (including phenoxy) is 2. The van der Waals surface area contributed by atoms with Crippen LogP contribution in [0.15, 0.2) is 0 Å². The van der Waals surface area contributed by atoms with Gasteiger partial charge in [0.2, 0.25) is 5.91 Å². The number of ketones is 2. The molecule has 0 aromatic carbocycles. The third-order valence-corrected chi connectivity index (χ3v) is 9.62. The molecule has 1 atom stereocenters. The van der Waals surface area contributed by atoms with Crippen molar-refractivity contribution in [2.75, 3.05) is 82.2 Å². The number of unbranched alkanes of at least 4 members (excludes halogenated alkanes) is 1. The second-order valence-electron chi connectivity index (χ2n) is 9.07. The number of Topliss-reactive ketones (excluding diaryl/α,β-unsaturated/α-hetero) is 2. The van der Waals surface area contributed by atoms with Crippen LogP contribution in [0.4, 0.5) is 0 Å². The number of rotatable bonds is 33. The van der Waals surface area contributed by atoms with Crippen molar-refractivity contribution in [2.45, 2.75) is 52.0 Å². The average Bonchev–Trinajstić information content (AvgIpc) is 2.94. The summed E-state index contributed by atoms with van der Waals surface area (Å²) in [4.78, 5) is 34.7. The Morgan fingerprint density at radius 2 is 1.26 bits per heavy atom. The van der Waals surface area contributed by atoms with Crippen LogP contribution in [0.3, 0.4) is 0 Å². The predicted molar refractivity (Wildman–Crippen MR) is 180 cm³/mol. The number of hydrogen-bond donors (Lipinski definition) is 4. The molecule has 0 bridgehead atoms. The molecule has 0 heterocycles. The summed E-state index contributed by atoms with van der Waals surface area (Å²) in [7, 11) is 7.04. The van der Waals surface area contributed by atoms with Gasteiger partial charge in [-0.05, 0) is 33.2 Å². The van der Waals surface area contributed by atoms with Gasteiger partial charge in [-0.25, -0.2) is 0 Å². The summed E-state index contributed by atoms with van der Waals surface area (Å²) in [5, 5.41) is 9.81. The van der Waals surface area contributed by atoms with E-state index >= 15 is 0 Å². The van der Waals surface area contributed by atoms with Gasteiger partial charge < -0.3 is 66.4 Å². The van der Waals surface area contributed by atoms with Crippen molar-refractivity contribution in [1.82, 2.24) is 16.0 Å². The van der Waals surface area contributed by atoms with Crippen LogP contribution in [0.2, 0.25) is 0 Å². The maximum absolute atomic E-state index is 12.8. The van der Waals surface area contributed by atoms with Crippen molar-refractivity contribution in [3.63, 3.8) is 0 Å². The maximum atomic E-state index is 12.8. The van der Waals surface area contributed by atoms with E-state index in [1.165, 1.54) is 0 Å². The van der Waals surface area contributed by atoms with Crippen LogP contribution in [0.25, 0.3) is 0 Å². The fourth-order valence-electron chi connectivity index (χ4n) is 3.16. The van der Waals surface area contributed by atoms with Gasteiger partial charge in [-0.1, -0.05) is 6.42 Å². The smallest absolute Gasteiger partial charge is 0.237 e. The van der Waals surface area contributed by atoms with E-state index in [0.29, 0.717) is 58.9 Å². The first-order valence-corrected chi connectivity index (χ1v) is 19.3.